The minimum Gasteiger partial charge on any atom is -0.395 e. The van der Waals surface area contributed by atoms with Gasteiger partial charge < -0.3 is 10.4 Å². The first-order valence-electron chi connectivity index (χ1n) is 6.29. The number of nitrogens with one attached hydrogen (secondary N) is 2. The van der Waals surface area contributed by atoms with Crippen LogP contribution in [0.3, 0.4) is 0 Å². The van der Waals surface area contributed by atoms with Crippen molar-refractivity contribution in [2.24, 2.45) is 0 Å². The molecule has 5 nitrogen and oxygen atoms in total. The number of halogens is 1. The van der Waals surface area contributed by atoms with Crippen LogP contribution in [0.5, 0.6) is 0 Å². The minimum absolute atomic E-state index is 0.0186. The van der Waals surface area contributed by atoms with E-state index in [9.17, 15) is 4.79 Å². The van der Waals surface area contributed by atoms with Gasteiger partial charge in [-0.05, 0) is 24.6 Å². The quantitative estimate of drug-likeness (QED) is 0.784. The first kappa shape index (κ1) is 14.6. The number of aromatic amines is 1. The van der Waals surface area contributed by atoms with E-state index >= 15 is 0 Å². The Balaban J connectivity index is 2.24. The monoisotopic (exact) mass is 293 g/mol. The number of aliphatic hydroxyl groups excluding tert-OH is 1. The van der Waals surface area contributed by atoms with Crippen molar-refractivity contribution in [1.82, 2.24) is 9.97 Å². The van der Waals surface area contributed by atoms with Gasteiger partial charge in [0, 0.05) is 23.6 Å². The number of hydrogen-bond acceptors (Lipinski definition) is 4. The van der Waals surface area contributed by atoms with Gasteiger partial charge in [0.2, 0.25) is 5.95 Å². The number of aliphatic hydroxyl groups is 1. The highest BCUT2D eigenvalue weighted by atomic mass is 35.5. The summed E-state index contributed by atoms with van der Waals surface area (Å²) >= 11 is 5.84. The molecule has 0 amide bonds. The number of hydrogen-bond donors (Lipinski definition) is 3. The van der Waals surface area contributed by atoms with Crippen LogP contribution in [-0.2, 0) is 6.42 Å². The van der Waals surface area contributed by atoms with Crippen molar-refractivity contribution in [2.75, 3.05) is 18.5 Å². The molecule has 20 heavy (non-hydrogen) atoms. The molecule has 106 valence electrons. The first-order valence-corrected chi connectivity index (χ1v) is 6.67. The van der Waals surface area contributed by atoms with Gasteiger partial charge in [0.1, 0.15) is 0 Å². The van der Waals surface area contributed by atoms with Gasteiger partial charge >= 0.3 is 0 Å². The Labute approximate surface area is 121 Å². The number of rotatable bonds is 5. The van der Waals surface area contributed by atoms with Crippen LogP contribution in [0.1, 0.15) is 16.8 Å². The summed E-state index contributed by atoms with van der Waals surface area (Å²) in [5.74, 6) is 0.376. The van der Waals surface area contributed by atoms with E-state index in [2.05, 4.69) is 15.3 Å². The van der Waals surface area contributed by atoms with Crippen LogP contribution in [-0.4, -0.2) is 28.2 Å². The predicted octanol–water partition coefficient (Wildman–Crippen LogP) is 1.73. The van der Waals surface area contributed by atoms with Crippen molar-refractivity contribution < 1.29 is 5.11 Å². The summed E-state index contributed by atoms with van der Waals surface area (Å²) in [5, 5.41) is 12.3. The van der Waals surface area contributed by atoms with Gasteiger partial charge in [-0.3, -0.25) is 9.78 Å². The Bertz CT molecular complexity index is 638. The lowest BCUT2D eigenvalue weighted by atomic mass is 10.1. The minimum atomic E-state index is -0.173. The number of anilines is 1. The molecule has 0 aliphatic carbocycles. The molecule has 0 aliphatic heterocycles. The smallest absolute Gasteiger partial charge is 0.256 e. The predicted molar refractivity (Wildman–Crippen MR) is 79.4 cm³/mol. The Hall–Kier alpha value is -1.85. The Kier molecular flexibility index (Phi) is 4.76. The zero-order chi connectivity index (χ0) is 14.5. The third-order valence-electron chi connectivity index (χ3n) is 2.92. The number of aromatic nitrogens is 2. The van der Waals surface area contributed by atoms with Gasteiger partial charge in [0.05, 0.1) is 12.3 Å². The zero-order valence-corrected chi connectivity index (χ0v) is 11.9. The summed E-state index contributed by atoms with van der Waals surface area (Å²) in [5.41, 5.74) is 2.12. The van der Waals surface area contributed by atoms with E-state index in [4.69, 9.17) is 16.7 Å². The maximum Gasteiger partial charge on any atom is 0.256 e. The molecule has 1 heterocycles. The third-order valence-corrected chi connectivity index (χ3v) is 3.17. The number of H-pyrrole nitrogens is 1. The molecule has 0 fully saturated rings. The molecular formula is C14H16ClN3O2. The van der Waals surface area contributed by atoms with E-state index in [0.29, 0.717) is 35.2 Å². The van der Waals surface area contributed by atoms with Crippen LogP contribution in [0.15, 0.2) is 29.1 Å². The van der Waals surface area contributed by atoms with Crippen molar-refractivity contribution in [3.8, 4) is 0 Å². The van der Waals surface area contributed by atoms with Crippen LogP contribution in [0.25, 0.3) is 0 Å². The van der Waals surface area contributed by atoms with Crippen LogP contribution >= 0.6 is 11.6 Å². The van der Waals surface area contributed by atoms with Crippen molar-refractivity contribution in [3.05, 3.63) is 56.5 Å². The summed E-state index contributed by atoms with van der Waals surface area (Å²) < 4.78 is 0. The van der Waals surface area contributed by atoms with Gasteiger partial charge in [-0.25, -0.2) is 4.98 Å². The fourth-order valence-electron chi connectivity index (χ4n) is 1.88. The molecular weight excluding hydrogens is 278 g/mol. The fourth-order valence-corrected chi connectivity index (χ4v) is 2.01. The number of aryl methyl sites for hydroxylation is 1. The zero-order valence-electron chi connectivity index (χ0n) is 11.1. The van der Waals surface area contributed by atoms with Crippen LogP contribution < -0.4 is 10.9 Å². The van der Waals surface area contributed by atoms with E-state index in [1.165, 1.54) is 0 Å². The van der Waals surface area contributed by atoms with Gasteiger partial charge in [-0.2, -0.15) is 0 Å². The van der Waals surface area contributed by atoms with Crippen molar-refractivity contribution in [1.29, 1.82) is 0 Å². The lowest BCUT2D eigenvalue weighted by molar-refractivity contribution is 0.310. The molecule has 6 heteroatoms. The second-order valence-corrected chi connectivity index (χ2v) is 4.87. The molecule has 0 unspecified atom stereocenters. The van der Waals surface area contributed by atoms with Gasteiger partial charge in [-0.1, -0.05) is 23.7 Å². The van der Waals surface area contributed by atoms with Crippen LogP contribution in [0.4, 0.5) is 5.95 Å². The molecule has 2 aromatic rings. The Morgan fingerprint density at radius 1 is 1.35 bits per heavy atom. The fraction of sp³-hybridized carbons (Fsp3) is 0.286. The average Bonchev–Trinajstić information content (AvgIpc) is 2.42. The molecule has 0 radical (unpaired) electrons. The summed E-state index contributed by atoms with van der Waals surface area (Å²) in [6, 6.07) is 7.37. The van der Waals surface area contributed by atoms with E-state index in [0.717, 1.165) is 5.56 Å². The van der Waals surface area contributed by atoms with E-state index in [1.807, 2.05) is 12.1 Å². The second-order valence-electron chi connectivity index (χ2n) is 4.43. The summed E-state index contributed by atoms with van der Waals surface area (Å²) in [7, 11) is 0. The van der Waals surface area contributed by atoms with E-state index in [-0.39, 0.29) is 12.2 Å². The van der Waals surface area contributed by atoms with E-state index in [1.54, 1.807) is 19.1 Å². The standard InChI is InChI=1S/C14H16ClN3O2/c1-9-12(8-10-2-4-11(15)5-3-10)13(20)18-14(17-9)16-6-7-19/h2-5,19H,6-8H2,1H3,(H2,16,17,18,20). The summed E-state index contributed by atoms with van der Waals surface area (Å²) in [6.07, 6.45) is 0.506. The third kappa shape index (κ3) is 3.59. The Morgan fingerprint density at radius 2 is 2.05 bits per heavy atom. The van der Waals surface area contributed by atoms with Gasteiger partial charge in [-0.15, -0.1) is 0 Å². The topological polar surface area (TPSA) is 78.0 Å². The maximum atomic E-state index is 12.1. The highest BCUT2D eigenvalue weighted by molar-refractivity contribution is 6.30. The molecule has 1 aromatic heterocycles. The maximum absolute atomic E-state index is 12.1. The average molecular weight is 294 g/mol. The second kappa shape index (κ2) is 6.54. The summed E-state index contributed by atoms with van der Waals surface area (Å²) in [6.45, 7) is 2.12. The van der Waals surface area contributed by atoms with Crippen molar-refractivity contribution >= 4 is 17.5 Å². The largest absolute Gasteiger partial charge is 0.395 e. The van der Waals surface area contributed by atoms with Gasteiger partial charge in [0.25, 0.3) is 5.56 Å². The van der Waals surface area contributed by atoms with Crippen LogP contribution in [0, 0.1) is 6.92 Å². The first-order chi connectivity index (χ1) is 9.60. The SMILES string of the molecule is Cc1nc(NCCO)[nH]c(=O)c1Cc1ccc(Cl)cc1. The van der Waals surface area contributed by atoms with Gasteiger partial charge in [0.15, 0.2) is 0 Å². The Morgan fingerprint density at radius 3 is 2.65 bits per heavy atom. The molecule has 0 spiro atoms. The lowest BCUT2D eigenvalue weighted by Gasteiger charge is -2.08. The molecule has 0 saturated carbocycles. The molecule has 1 aromatic carbocycles. The molecule has 0 atom stereocenters. The molecule has 0 aliphatic rings. The molecule has 0 saturated heterocycles. The molecule has 2 rings (SSSR count). The number of benzene rings is 1. The normalized spacial score (nSPS) is 10.6. The van der Waals surface area contributed by atoms with Crippen molar-refractivity contribution in [3.63, 3.8) is 0 Å². The molecule has 0 bridgehead atoms. The highest BCUT2D eigenvalue weighted by Gasteiger charge is 2.09. The summed E-state index contributed by atoms with van der Waals surface area (Å²) in [4.78, 5) is 19.0. The highest BCUT2D eigenvalue weighted by Crippen LogP contribution is 2.13. The molecule has 3 N–H and O–H groups in total. The van der Waals surface area contributed by atoms with E-state index < -0.39 is 0 Å². The lowest BCUT2D eigenvalue weighted by Crippen LogP contribution is -2.20. The van der Waals surface area contributed by atoms with Crippen molar-refractivity contribution in [2.45, 2.75) is 13.3 Å². The van der Waals surface area contributed by atoms with Crippen LogP contribution in [0.2, 0.25) is 5.02 Å². The number of nitrogens with zero attached hydrogens (tertiary/aromatic N) is 1.